The summed E-state index contributed by atoms with van der Waals surface area (Å²) < 4.78 is 13.9. The molecule has 3 aromatic carbocycles. The number of hydrogen-bond donors (Lipinski definition) is 1. The quantitative estimate of drug-likeness (QED) is 0.466. The van der Waals surface area contributed by atoms with E-state index in [9.17, 15) is 14.0 Å². The molecule has 2 atom stereocenters. The maximum atomic E-state index is 13.9. The highest BCUT2D eigenvalue weighted by Crippen LogP contribution is 2.48. The lowest BCUT2D eigenvalue weighted by molar-refractivity contribution is -0.121. The molecule has 2 aliphatic rings. The van der Waals surface area contributed by atoms with Crippen LogP contribution in [0.2, 0.25) is 0 Å². The number of aryl methyl sites for hydroxylation is 1. The van der Waals surface area contributed by atoms with E-state index in [4.69, 9.17) is 0 Å². The Morgan fingerprint density at radius 2 is 1.69 bits per heavy atom. The fourth-order valence-corrected chi connectivity index (χ4v) is 5.19. The van der Waals surface area contributed by atoms with E-state index in [0.717, 1.165) is 33.8 Å². The molecule has 0 saturated heterocycles. The molecule has 3 aromatic rings. The highest BCUT2D eigenvalue weighted by atomic mass is 19.1. The van der Waals surface area contributed by atoms with Crippen molar-refractivity contribution in [1.82, 2.24) is 0 Å². The van der Waals surface area contributed by atoms with Gasteiger partial charge in [-0.3, -0.25) is 14.5 Å². The Balaban J connectivity index is 1.74. The van der Waals surface area contributed by atoms with Crippen molar-refractivity contribution in [1.29, 1.82) is 0 Å². The highest BCUT2D eigenvalue weighted by molar-refractivity contribution is 6.06. The molecule has 0 saturated carbocycles. The van der Waals surface area contributed by atoms with Crippen LogP contribution in [-0.2, 0) is 9.59 Å². The number of carbonyl (C=O) groups is 2. The average molecular weight is 469 g/mol. The van der Waals surface area contributed by atoms with Gasteiger partial charge in [0.15, 0.2) is 5.78 Å². The molecule has 5 heteroatoms. The van der Waals surface area contributed by atoms with E-state index < -0.39 is 6.04 Å². The van der Waals surface area contributed by atoms with Crippen LogP contribution in [0.3, 0.4) is 0 Å². The van der Waals surface area contributed by atoms with Crippen molar-refractivity contribution in [3.8, 4) is 0 Å². The van der Waals surface area contributed by atoms with Crippen molar-refractivity contribution < 1.29 is 14.0 Å². The third-order valence-corrected chi connectivity index (χ3v) is 6.93. The summed E-state index contributed by atoms with van der Waals surface area (Å²) in [6, 6.07) is 21.5. The SMILES string of the molecule is Cc1ccc2c(c1)N(C(=O)C(C)C)C(c1ccc(F)cc1)C1=C(CC(c3ccccc3)CC1=O)N2. The zero-order valence-electron chi connectivity index (χ0n) is 20.2. The number of halogens is 1. The van der Waals surface area contributed by atoms with Crippen molar-refractivity contribution in [2.24, 2.45) is 5.92 Å². The first-order valence-corrected chi connectivity index (χ1v) is 12.1. The van der Waals surface area contributed by atoms with E-state index in [1.54, 1.807) is 17.0 Å². The molecule has 1 heterocycles. The standard InChI is InChI=1S/C30H29FN2O2/c1-18(2)30(35)33-26-15-19(3)9-14-24(26)32-25-16-22(20-7-5-4-6-8-20)17-27(34)28(25)29(33)21-10-12-23(31)13-11-21/h4-15,18,22,29,32H,16-17H2,1-3H3. The fourth-order valence-electron chi connectivity index (χ4n) is 5.19. The van der Waals surface area contributed by atoms with Crippen molar-refractivity contribution in [3.05, 3.63) is 107 Å². The van der Waals surface area contributed by atoms with Gasteiger partial charge in [-0.1, -0.05) is 62.4 Å². The van der Waals surface area contributed by atoms with E-state index >= 15 is 0 Å². The van der Waals surface area contributed by atoms with Crippen LogP contribution in [0.1, 0.15) is 55.3 Å². The van der Waals surface area contributed by atoms with Crippen LogP contribution in [0, 0.1) is 18.7 Å². The van der Waals surface area contributed by atoms with Crippen LogP contribution in [0.15, 0.2) is 84.1 Å². The summed E-state index contributed by atoms with van der Waals surface area (Å²) in [5.41, 5.74) is 5.80. The second kappa shape index (κ2) is 9.14. The van der Waals surface area contributed by atoms with Crippen LogP contribution < -0.4 is 10.2 Å². The fraction of sp³-hybridized carbons (Fsp3) is 0.267. The minimum Gasteiger partial charge on any atom is -0.357 e. The lowest BCUT2D eigenvalue weighted by Crippen LogP contribution is -2.40. The number of rotatable bonds is 3. The molecule has 0 spiro atoms. The zero-order valence-corrected chi connectivity index (χ0v) is 20.2. The van der Waals surface area contributed by atoms with Gasteiger partial charge >= 0.3 is 0 Å². The third-order valence-electron chi connectivity index (χ3n) is 6.93. The Morgan fingerprint density at radius 1 is 0.971 bits per heavy atom. The number of Topliss-reactive ketones (excluding diaryl/α,β-unsaturated/α-hetero) is 1. The van der Waals surface area contributed by atoms with Gasteiger partial charge in [-0.25, -0.2) is 4.39 Å². The normalized spacial score (nSPS) is 19.7. The first-order chi connectivity index (χ1) is 16.8. The Labute approximate surface area is 205 Å². The molecule has 0 bridgehead atoms. The third kappa shape index (κ3) is 4.27. The van der Waals surface area contributed by atoms with Crippen LogP contribution in [0.5, 0.6) is 0 Å². The topological polar surface area (TPSA) is 49.4 Å². The molecule has 2 unspecified atom stereocenters. The van der Waals surface area contributed by atoms with E-state index in [-0.39, 0.29) is 29.3 Å². The van der Waals surface area contributed by atoms with Gasteiger partial charge < -0.3 is 5.32 Å². The molecule has 5 rings (SSSR count). The molecule has 0 fully saturated rings. The molecule has 0 aromatic heterocycles. The number of allylic oxidation sites excluding steroid dienone is 1. The maximum absolute atomic E-state index is 13.9. The van der Waals surface area contributed by atoms with E-state index in [1.807, 2.05) is 57.2 Å². The number of anilines is 2. The van der Waals surface area contributed by atoms with Gasteiger partial charge in [-0.05, 0) is 60.2 Å². The van der Waals surface area contributed by atoms with Gasteiger partial charge in [-0.2, -0.15) is 0 Å². The lowest BCUT2D eigenvalue weighted by atomic mass is 9.78. The number of benzene rings is 3. The number of hydrogen-bond acceptors (Lipinski definition) is 3. The number of fused-ring (bicyclic) bond motifs is 1. The van der Waals surface area contributed by atoms with Gasteiger partial charge in [0.2, 0.25) is 5.91 Å². The predicted octanol–water partition coefficient (Wildman–Crippen LogP) is 6.69. The van der Waals surface area contributed by atoms with E-state index in [2.05, 4.69) is 17.4 Å². The second-order valence-electron chi connectivity index (χ2n) is 9.79. The maximum Gasteiger partial charge on any atom is 0.230 e. The molecular weight excluding hydrogens is 439 g/mol. The van der Waals surface area contributed by atoms with E-state index in [1.165, 1.54) is 12.1 Å². The summed E-state index contributed by atoms with van der Waals surface area (Å²) in [7, 11) is 0. The molecule has 1 amide bonds. The van der Waals surface area contributed by atoms with Crippen LogP contribution in [0.25, 0.3) is 0 Å². The lowest BCUT2D eigenvalue weighted by Gasteiger charge is -2.36. The summed E-state index contributed by atoms with van der Waals surface area (Å²) in [4.78, 5) is 29.3. The summed E-state index contributed by atoms with van der Waals surface area (Å²) in [6.07, 6.45) is 1.01. The number of carbonyl (C=O) groups excluding carboxylic acids is 2. The average Bonchev–Trinajstić information content (AvgIpc) is 2.99. The molecule has 1 aliphatic heterocycles. The summed E-state index contributed by atoms with van der Waals surface area (Å²) in [5.74, 6) is -0.672. The summed E-state index contributed by atoms with van der Waals surface area (Å²) in [6.45, 7) is 5.71. The van der Waals surface area contributed by atoms with Gasteiger partial charge in [0.05, 0.1) is 17.4 Å². The van der Waals surface area contributed by atoms with Gasteiger partial charge in [0.25, 0.3) is 0 Å². The number of nitrogens with zero attached hydrogens (tertiary/aromatic N) is 1. The number of nitrogens with one attached hydrogen (secondary N) is 1. The van der Waals surface area contributed by atoms with Crippen molar-refractivity contribution in [2.45, 2.75) is 45.6 Å². The minimum absolute atomic E-state index is 0.00742. The van der Waals surface area contributed by atoms with Crippen molar-refractivity contribution in [3.63, 3.8) is 0 Å². The summed E-state index contributed by atoms with van der Waals surface area (Å²) in [5, 5.41) is 3.54. The van der Waals surface area contributed by atoms with Crippen LogP contribution in [-0.4, -0.2) is 11.7 Å². The monoisotopic (exact) mass is 468 g/mol. The van der Waals surface area contributed by atoms with Crippen molar-refractivity contribution in [2.75, 3.05) is 10.2 Å². The molecule has 0 radical (unpaired) electrons. The van der Waals surface area contributed by atoms with Crippen molar-refractivity contribution >= 4 is 23.1 Å². The molecular formula is C30H29FN2O2. The van der Waals surface area contributed by atoms with Crippen LogP contribution >= 0.6 is 0 Å². The second-order valence-corrected chi connectivity index (χ2v) is 9.79. The molecule has 1 aliphatic carbocycles. The van der Waals surface area contributed by atoms with Gasteiger partial charge in [-0.15, -0.1) is 0 Å². The Kier molecular flexibility index (Phi) is 6.01. The minimum atomic E-state index is -0.639. The molecule has 1 N–H and O–H groups in total. The highest BCUT2D eigenvalue weighted by Gasteiger charge is 2.42. The number of amides is 1. The summed E-state index contributed by atoms with van der Waals surface area (Å²) >= 11 is 0. The predicted molar refractivity (Wildman–Crippen MR) is 137 cm³/mol. The Bertz CT molecular complexity index is 1310. The van der Waals surface area contributed by atoms with E-state index in [0.29, 0.717) is 18.4 Å². The first kappa shape index (κ1) is 23.0. The first-order valence-electron chi connectivity index (χ1n) is 12.1. The molecule has 35 heavy (non-hydrogen) atoms. The Hall–Kier alpha value is -3.73. The van der Waals surface area contributed by atoms with Gasteiger partial charge in [0.1, 0.15) is 5.82 Å². The van der Waals surface area contributed by atoms with Crippen LogP contribution in [0.4, 0.5) is 15.8 Å². The number of ketones is 1. The van der Waals surface area contributed by atoms with Gasteiger partial charge in [0, 0.05) is 23.6 Å². The Morgan fingerprint density at radius 3 is 2.37 bits per heavy atom. The zero-order chi connectivity index (χ0) is 24.7. The molecule has 178 valence electrons. The smallest absolute Gasteiger partial charge is 0.230 e. The molecule has 4 nitrogen and oxygen atoms in total. The largest absolute Gasteiger partial charge is 0.357 e.